The number of H-pyrrole nitrogens is 1. The number of anilines is 2. The highest BCUT2D eigenvalue weighted by molar-refractivity contribution is 5.86. The summed E-state index contributed by atoms with van der Waals surface area (Å²) < 4.78 is 0. The lowest BCUT2D eigenvalue weighted by molar-refractivity contribution is 0.923. The fourth-order valence-corrected chi connectivity index (χ4v) is 3.54. The van der Waals surface area contributed by atoms with Gasteiger partial charge in [-0.1, -0.05) is 12.1 Å². The van der Waals surface area contributed by atoms with Gasteiger partial charge in [0.2, 0.25) is 0 Å². The SMILES string of the molecule is Cc1cccc2[nH]cc(CCNc3cc(N4CCCC4)ncn3)c12. The van der Waals surface area contributed by atoms with Crippen LogP contribution in [-0.2, 0) is 6.42 Å². The van der Waals surface area contributed by atoms with Gasteiger partial charge in [-0.15, -0.1) is 0 Å². The second-order valence-corrected chi connectivity index (χ2v) is 6.44. The Labute approximate surface area is 142 Å². The smallest absolute Gasteiger partial charge is 0.134 e. The Balaban J connectivity index is 1.42. The number of benzene rings is 1. The monoisotopic (exact) mass is 321 g/mol. The predicted molar refractivity (Wildman–Crippen MR) is 98.7 cm³/mol. The summed E-state index contributed by atoms with van der Waals surface area (Å²) in [5.41, 5.74) is 3.88. The summed E-state index contributed by atoms with van der Waals surface area (Å²) in [6.07, 6.45) is 7.26. The highest BCUT2D eigenvalue weighted by atomic mass is 15.2. The van der Waals surface area contributed by atoms with Crippen molar-refractivity contribution in [2.75, 3.05) is 29.9 Å². The average molecular weight is 321 g/mol. The molecule has 1 aromatic carbocycles. The van der Waals surface area contributed by atoms with E-state index >= 15 is 0 Å². The van der Waals surface area contributed by atoms with E-state index in [9.17, 15) is 0 Å². The Kier molecular flexibility index (Phi) is 4.07. The van der Waals surface area contributed by atoms with E-state index in [1.165, 1.54) is 34.9 Å². The molecule has 3 aromatic rings. The van der Waals surface area contributed by atoms with Gasteiger partial charge in [-0.3, -0.25) is 0 Å². The van der Waals surface area contributed by atoms with Gasteiger partial charge in [-0.25, -0.2) is 9.97 Å². The number of hydrogen-bond acceptors (Lipinski definition) is 4. The van der Waals surface area contributed by atoms with Crippen molar-refractivity contribution in [1.29, 1.82) is 0 Å². The molecule has 0 aliphatic carbocycles. The van der Waals surface area contributed by atoms with E-state index in [0.29, 0.717) is 0 Å². The van der Waals surface area contributed by atoms with Crippen molar-refractivity contribution in [1.82, 2.24) is 15.0 Å². The van der Waals surface area contributed by atoms with Crippen LogP contribution in [-0.4, -0.2) is 34.6 Å². The van der Waals surface area contributed by atoms with Gasteiger partial charge in [0.1, 0.15) is 18.0 Å². The molecule has 0 spiro atoms. The van der Waals surface area contributed by atoms with Crippen molar-refractivity contribution in [3.63, 3.8) is 0 Å². The lowest BCUT2D eigenvalue weighted by atomic mass is 10.1. The summed E-state index contributed by atoms with van der Waals surface area (Å²) in [6, 6.07) is 8.45. The Bertz CT molecular complexity index is 833. The van der Waals surface area contributed by atoms with E-state index in [1.807, 2.05) is 0 Å². The molecular weight excluding hydrogens is 298 g/mol. The number of nitrogens with one attached hydrogen (secondary N) is 2. The lowest BCUT2D eigenvalue weighted by Gasteiger charge is -2.16. The van der Waals surface area contributed by atoms with Gasteiger partial charge < -0.3 is 15.2 Å². The van der Waals surface area contributed by atoms with Crippen LogP contribution in [0.4, 0.5) is 11.6 Å². The topological polar surface area (TPSA) is 56.8 Å². The molecule has 1 aliphatic rings. The zero-order valence-electron chi connectivity index (χ0n) is 14.0. The molecule has 0 radical (unpaired) electrons. The van der Waals surface area contributed by atoms with Gasteiger partial charge in [-0.05, 0) is 43.4 Å². The van der Waals surface area contributed by atoms with E-state index in [1.54, 1.807) is 6.33 Å². The Morgan fingerprint density at radius 3 is 2.96 bits per heavy atom. The van der Waals surface area contributed by atoms with Crippen LogP contribution in [0.5, 0.6) is 0 Å². The summed E-state index contributed by atoms with van der Waals surface area (Å²) in [5.74, 6) is 1.94. The van der Waals surface area contributed by atoms with Crippen LogP contribution in [0, 0.1) is 6.92 Å². The summed E-state index contributed by atoms with van der Waals surface area (Å²) in [7, 11) is 0. The van der Waals surface area contributed by atoms with E-state index < -0.39 is 0 Å². The number of aromatic nitrogens is 3. The third-order valence-corrected chi connectivity index (χ3v) is 4.78. The molecule has 5 nitrogen and oxygen atoms in total. The number of hydrogen-bond donors (Lipinski definition) is 2. The first-order valence-electron chi connectivity index (χ1n) is 8.68. The molecule has 0 bridgehead atoms. The highest BCUT2D eigenvalue weighted by Crippen LogP contribution is 2.23. The zero-order chi connectivity index (χ0) is 16.4. The summed E-state index contributed by atoms with van der Waals surface area (Å²) >= 11 is 0. The van der Waals surface area contributed by atoms with Gasteiger partial charge in [0.15, 0.2) is 0 Å². The molecule has 1 saturated heterocycles. The molecule has 1 aliphatic heterocycles. The molecule has 5 heteroatoms. The maximum atomic E-state index is 4.40. The zero-order valence-corrected chi connectivity index (χ0v) is 14.0. The van der Waals surface area contributed by atoms with Crippen LogP contribution < -0.4 is 10.2 Å². The van der Waals surface area contributed by atoms with Gasteiger partial charge in [0, 0.05) is 42.8 Å². The van der Waals surface area contributed by atoms with Crippen LogP contribution in [0.25, 0.3) is 10.9 Å². The van der Waals surface area contributed by atoms with Crippen molar-refractivity contribution < 1.29 is 0 Å². The standard InChI is InChI=1S/C19H23N5/c1-14-5-4-6-16-19(14)15(12-21-16)7-8-20-17-11-18(23-13-22-17)24-9-2-3-10-24/h4-6,11-13,21H,2-3,7-10H2,1H3,(H,20,22,23). The summed E-state index contributed by atoms with van der Waals surface area (Å²) in [6.45, 7) is 5.23. The van der Waals surface area contributed by atoms with Crippen molar-refractivity contribution in [3.05, 3.63) is 47.9 Å². The number of rotatable bonds is 5. The first-order valence-corrected chi connectivity index (χ1v) is 8.68. The van der Waals surface area contributed by atoms with E-state index in [0.717, 1.165) is 37.7 Å². The highest BCUT2D eigenvalue weighted by Gasteiger charge is 2.14. The van der Waals surface area contributed by atoms with E-state index in [4.69, 9.17) is 0 Å². The van der Waals surface area contributed by atoms with Gasteiger partial charge in [0.25, 0.3) is 0 Å². The summed E-state index contributed by atoms with van der Waals surface area (Å²) in [5, 5.41) is 4.79. The third kappa shape index (κ3) is 2.94. The number of nitrogens with zero attached hydrogens (tertiary/aromatic N) is 3. The fraction of sp³-hybridized carbons (Fsp3) is 0.368. The molecule has 0 atom stereocenters. The first-order chi connectivity index (χ1) is 11.8. The molecule has 0 amide bonds. The number of aryl methyl sites for hydroxylation is 1. The lowest BCUT2D eigenvalue weighted by Crippen LogP contribution is -2.19. The van der Waals surface area contributed by atoms with Gasteiger partial charge in [-0.2, -0.15) is 0 Å². The second kappa shape index (κ2) is 6.51. The van der Waals surface area contributed by atoms with Crippen molar-refractivity contribution in [2.45, 2.75) is 26.2 Å². The number of fused-ring (bicyclic) bond motifs is 1. The maximum Gasteiger partial charge on any atom is 0.134 e. The Morgan fingerprint density at radius 2 is 2.08 bits per heavy atom. The molecule has 1 fully saturated rings. The Morgan fingerprint density at radius 1 is 1.21 bits per heavy atom. The predicted octanol–water partition coefficient (Wildman–Crippen LogP) is 3.52. The van der Waals surface area contributed by atoms with E-state index in [-0.39, 0.29) is 0 Å². The van der Waals surface area contributed by atoms with Crippen molar-refractivity contribution >= 4 is 22.5 Å². The van der Waals surface area contributed by atoms with Crippen molar-refractivity contribution in [2.24, 2.45) is 0 Å². The normalized spacial score (nSPS) is 14.5. The second-order valence-electron chi connectivity index (χ2n) is 6.44. The Hall–Kier alpha value is -2.56. The molecule has 2 N–H and O–H groups in total. The van der Waals surface area contributed by atoms with Gasteiger partial charge in [0.05, 0.1) is 0 Å². The molecule has 24 heavy (non-hydrogen) atoms. The molecule has 2 aromatic heterocycles. The average Bonchev–Trinajstić information content (AvgIpc) is 3.26. The number of aromatic amines is 1. The molecule has 4 rings (SSSR count). The maximum absolute atomic E-state index is 4.40. The summed E-state index contributed by atoms with van der Waals surface area (Å²) in [4.78, 5) is 14.4. The minimum atomic E-state index is 0.859. The van der Waals surface area contributed by atoms with Crippen LogP contribution in [0.2, 0.25) is 0 Å². The molecular formula is C19H23N5. The fourth-order valence-electron chi connectivity index (χ4n) is 3.54. The molecule has 3 heterocycles. The van der Waals surface area contributed by atoms with Crippen LogP contribution in [0.15, 0.2) is 36.8 Å². The van der Waals surface area contributed by atoms with Crippen LogP contribution in [0.3, 0.4) is 0 Å². The third-order valence-electron chi connectivity index (χ3n) is 4.78. The van der Waals surface area contributed by atoms with Gasteiger partial charge >= 0.3 is 0 Å². The van der Waals surface area contributed by atoms with Crippen molar-refractivity contribution in [3.8, 4) is 0 Å². The quantitative estimate of drug-likeness (QED) is 0.755. The van der Waals surface area contributed by atoms with Crippen LogP contribution in [0.1, 0.15) is 24.0 Å². The van der Waals surface area contributed by atoms with E-state index in [2.05, 4.69) is 62.6 Å². The molecule has 0 saturated carbocycles. The molecule has 0 unspecified atom stereocenters. The van der Waals surface area contributed by atoms with Crippen LogP contribution >= 0.6 is 0 Å². The molecule has 124 valence electrons. The minimum absolute atomic E-state index is 0.859. The largest absolute Gasteiger partial charge is 0.370 e. The first kappa shape index (κ1) is 15.0. The minimum Gasteiger partial charge on any atom is -0.370 e.